The van der Waals surface area contributed by atoms with E-state index in [4.69, 9.17) is 25.8 Å². The molecule has 0 N–H and O–H groups in total. The van der Waals surface area contributed by atoms with Gasteiger partial charge >= 0.3 is 11.4 Å². The zero-order valence-corrected chi connectivity index (χ0v) is 18.4. The van der Waals surface area contributed by atoms with Crippen molar-refractivity contribution in [1.29, 1.82) is 0 Å². The minimum absolute atomic E-state index is 0.169. The van der Waals surface area contributed by atoms with Crippen molar-refractivity contribution < 1.29 is 14.2 Å². The first-order chi connectivity index (χ1) is 15.0. The van der Waals surface area contributed by atoms with E-state index in [1.165, 1.54) is 14.2 Å². The van der Waals surface area contributed by atoms with E-state index in [2.05, 4.69) is 10.1 Å². The van der Waals surface area contributed by atoms with Gasteiger partial charge in [-0.2, -0.15) is 9.50 Å². The van der Waals surface area contributed by atoms with Gasteiger partial charge in [-0.1, -0.05) is 22.9 Å². The second-order valence-electron chi connectivity index (χ2n) is 6.23. The van der Waals surface area contributed by atoms with Gasteiger partial charge in [0.2, 0.25) is 10.7 Å². The molecule has 0 radical (unpaired) electrons. The maximum atomic E-state index is 13.0. The molecule has 4 aromatic rings. The van der Waals surface area contributed by atoms with Crippen molar-refractivity contribution in [2.24, 2.45) is 0 Å². The zero-order valence-electron chi connectivity index (χ0n) is 16.8. The molecule has 31 heavy (non-hydrogen) atoms. The number of benzene rings is 2. The molecule has 0 fully saturated rings. The number of hydrogen-bond acceptors (Lipinski definition) is 8. The highest BCUT2D eigenvalue weighted by molar-refractivity contribution is 7.19. The first kappa shape index (κ1) is 20.9. The lowest BCUT2D eigenvalue weighted by atomic mass is 10.2. The molecule has 0 spiro atoms. The number of aromatic nitrogens is 4. The molecule has 11 heteroatoms. The maximum Gasteiger partial charge on any atom is 0.360 e. The van der Waals surface area contributed by atoms with Gasteiger partial charge in [-0.05, 0) is 43.3 Å². The van der Waals surface area contributed by atoms with Crippen molar-refractivity contribution in [1.82, 2.24) is 19.2 Å². The van der Waals surface area contributed by atoms with E-state index in [1.807, 2.05) is 6.92 Å². The Hall–Kier alpha value is -3.37. The molecule has 2 aromatic carbocycles. The highest BCUT2D eigenvalue weighted by Gasteiger charge is 2.19. The fourth-order valence-corrected chi connectivity index (χ4v) is 3.99. The Bertz CT molecular complexity index is 1350. The summed E-state index contributed by atoms with van der Waals surface area (Å²) in [5.41, 5.74) is -0.369. The first-order valence-corrected chi connectivity index (χ1v) is 10.3. The third kappa shape index (κ3) is 3.75. The van der Waals surface area contributed by atoms with Crippen molar-refractivity contribution >= 4 is 27.9 Å². The number of fused-ring (bicyclic) bond motifs is 1. The van der Waals surface area contributed by atoms with Gasteiger partial charge in [-0.25, -0.2) is 14.2 Å². The average Bonchev–Trinajstić information content (AvgIpc) is 3.19. The molecule has 0 amide bonds. The monoisotopic (exact) mass is 460 g/mol. The lowest BCUT2D eigenvalue weighted by Gasteiger charge is -2.14. The van der Waals surface area contributed by atoms with E-state index < -0.39 is 11.4 Å². The van der Waals surface area contributed by atoms with Crippen LogP contribution in [0.15, 0.2) is 46.0 Å². The second kappa shape index (κ2) is 8.40. The number of halogens is 1. The van der Waals surface area contributed by atoms with Crippen LogP contribution in [0.4, 0.5) is 0 Å². The van der Waals surface area contributed by atoms with E-state index >= 15 is 0 Å². The lowest BCUT2D eigenvalue weighted by molar-refractivity contribution is 0.288. The van der Waals surface area contributed by atoms with E-state index in [0.717, 1.165) is 20.4 Å². The summed E-state index contributed by atoms with van der Waals surface area (Å²) >= 11 is 7.00. The predicted molar refractivity (Wildman–Crippen MR) is 117 cm³/mol. The summed E-state index contributed by atoms with van der Waals surface area (Å²) in [6.45, 7) is 2.29. The third-order valence-electron chi connectivity index (χ3n) is 4.40. The fourth-order valence-electron chi connectivity index (χ4n) is 3.00. The van der Waals surface area contributed by atoms with Crippen molar-refractivity contribution in [3.8, 4) is 33.5 Å². The van der Waals surface area contributed by atoms with Crippen molar-refractivity contribution in [3.63, 3.8) is 0 Å². The van der Waals surface area contributed by atoms with E-state index in [9.17, 15) is 9.59 Å². The summed E-state index contributed by atoms with van der Waals surface area (Å²) in [6.07, 6.45) is 0. The summed E-state index contributed by atoms with van der Waals surface area (Å²) in [6, 6.07) is 9.75. The summed E-state index contributed by atoms with van der Waals surface area (Å²) in [5.74, 6) is 1.38. The Balaban J connectivity index is 1.89. The topological polar surface area (TPSA) is 97.0 Å². The van der Waals surface area contributed by atoms with Gasteiger partial charge in [-0.3, -0.25) is 0 Å². The normalized spacial score (nSPS) is 11.0. The molecule has 2 heterocycles. The Morgan fingerprint density at radius 3 is 2.29 bits per heavy atom. The summed E-state index contributed by atoms with van der Waals surface area (Å²) in [5, 5.41) is 5.32. The Labute approximate surface area is 185 Å². The van der Waals surface area contributed by atoms with Crippen LogP contribution in [0, 0.1) is 0 Å². The molecule has 0 aliphatic heterocycles. The third-order valence-corrected chi connectivity index (χ3v) is 5.61. The highest BCUT2D eigenvalue weighted by Crippen LogP contribution is 2.42. The van der Waals surface area contributed by atoms with Crippen LogP contribution in [0.1, 0.15) is 6.92 Å². The van der Waals surface area contributed by atoms with Gasteiger partial charge < -0.3 is 14.2 Å². The van der Waals surface area contributed by atoms with Crippen LogP contribution >= 0.6 is 22.9 Å². The predicted octanol–water partition coefficient (Wildman–Crippen LogP) is 3.04. The summed E-state index contributed by atoms with van der Waals surface area (Å²) in [7, 11) is 3.04. The molecule has 0 aliphatic rings. The van der Waals surface area contributed by atoms with Crippen molar-refractivity contribution in [2.75, 3.05) is 20.8 Å². The largest absolute Gasteiger partial charge is 0.493 e. The number of ether oxygens (including phenoxy) is 3. The molecule has 4 rings (SSSR count). The maximum absolute atomic E-state index is 13.0. The van der Waals surface area contributed by atoms with Crippen molar-refractivity contribution in [2.45, 2.75) is 6.92 Å². The Morgan fingerprint density at radius 2 is 1.71 bits per heavy atom. The average molecular weight is 461 g/mol. The quantitative estimate of drug-likeness (QED) is 0.436. The van der Waals surface area contributed by atoms with Gasteiger partial charge in [0, 0.05) is 10.6 Å². The van der Waals surface area contributed by atoms with Crippen LogP contribution < -0.4 is 25.6 Å². The number of hydrogen-bond donors (Lipinski definition) is 0. The van der Waals surface area contributed by atoms with Crippen LogP contribution in [-0.4, -0.2) is 40.0 Å². The first-order valence-electron chi connectivity index (χ1n) is 9.15. The van der Waals surface area contributed by atoms with Crippen LogP contribution in [0.5, 0.6) is 17.2 Å². The molecule has 9 nitrogen and oxygen atoms in total. The van der Waals surface area contributed by atoms with Crippen LogP contribution in [-0.2, 0) is 0 Å². The molecule has 0 saturated heterocycles. The molecular weight excluding hydrogens is 444 g/mol. The Morgan fingerprint density at radius 1 is 1.06 bits per heavy atom. The number of nitrogens with zero attached hydrogens (tertiary/aromatic N) is 4. The summed E-state index contributed by atoms with van der Waals surface area (Å²) in [4.78, 5) is 29.7. The Kier molecular flexibility index (Phi) is 5.66. The molecule has 0 atom stereocenters. The van der Waals surface area contributed by atoms with Gasteiger partial charge in [0.25, 0.3) is 0 Å². The highest BCUT2D eigenvalue weighted by atomic mass is 35.5. The van der Waals surface area contributed by atoms with E-state index in [-0.39, 0.29) is 4.96 Å². The van der Waals surface area contributed by atoms with Crippen molar-refractivity contribution in [3.05, 3.63) is 62.4 Å². The number of rotatable bonds is 6. The molecule has 160 valence electrons. The van der Waals surface area contributed by atoms with Crippen LogP contribution in [0.3, 0.4) is 0 Å². The van der Waals surface area contributed by atoms with Crippen LogP contribution in [0.2, 0.25) is 5.02 Å². The minimum Gasteiger partial charge on any atom is -0.493 e. The molecular formula is C20H17ClN4O5S. The van der Waals surface area contributed by atoms with Gasteiger partial charge in [0.1, 0.15) is 5.01 Å². The molecule has 0 saturated carbocycles. The molecule has 0 unspecified atom stereocenters. The molecule has 0 bridgehead atoms. The summed E-state index contributed by atoms with van der Waals surface area (Å²) < 4.78 is 18.5. The number of methoxy groups -OCH3 is 2. The molecule has 0 aliphatic carbocycles. The van der Waals surface area contributed by atoms with E-state index in [0.29, 0.717) is 45.1 Å². The lowest BCUT2D eigenvalue weighted by Crippen LogP contribution is -2.37. The fraction of sp³-hybridized carbons (Fsp3) is 0.200. The van der Waals surface area contributed by atoms with Gasteiger partial charge in [0.05, 0.1) is 26.5 Å². The van der Waals surface area contributed by atoms with Gasteiger partial charge in [-0.15, -0.1) is 5.10 Å². The standard InChI is InChI=1S/C20H17ClN4O5S/c1-4-30-16-14(28-2)9-11(10-15(16)29-3)17-23-25-19(31-17)22-18(26)24(20(25)27)13-7-5-12(21)6-8-13/h5-10H,4H2,1-3H3. The SMILES string of the molecule is CCOc1c(OC)cc(-c2nn3c(=O)n(-c4ccc(Cl)cc4)c(=O)nc3s2)cc1OC. The van der Waals surface area contributed by atoms with E-state index in [1.54, 1.807) is 36.4 Å². The second-order valence-corrected chi connectivity index (χ2v) is 7.63. The minimum atomic E-state index is -0.704. The van der Waals surface area contributed by atoms with Crippen LogP contribution in [0.25, 0.3) is 21.2 Å². The zero-order chi connectivity index (χ0) is 22.1. The smallest absolute Gasteiger partial charge is 0.360 e. The molecule has 2 aromatic heterocycles. The van der Waals surface area contributed by atoms with Gasteiger partial charge in [0.15, 0.2) is 11.5 Å².